The predicted molar refractivity (Wildman–Crippen MR) is 136 cm³/mol. The lowest BCUT2D eigenvalue weighted by Crippen LogP contribution is -2.47. The van der Waals surface area contributed by atoms with Crippen molar-refractivity contribution in [3.8, 4) is 5.82 Å². The van der Waals surface area contributed by atoms with E-state index in [9.17, 15) is 36.6 Å². The zero-order valence-corrected chi connectivity index (χ0v) is 22.9. The van der Waals surface area contributed by atoms with Crippen molar-refractivity contribution in [1.82, 2.24) is 30.0 Å². The fraction of sp³-hybridized carbons (Fsp3) is 0.519. The Labute approximate surface area is 233 Å². The molecule has 2 aromatic heterocycles. The van der Waals surface area contributed by atoms with Gasteiger partial charge in [0.05, 0.1) is 17.2 Å². The minimum absolute atomic E-state index is 0.00185. The van der Waals surface area contributed by atoms with E-state index in [0.29, 0.717) is 35.3 Å². The summed E-state index contributed by atoms with van der Waals surface area (Å²) in [6.45, 7) is 8.48. The van der Waals surface area contributed by atoms with E-state index in [-0.39, 0.29) is 11.9 Å². The number of nitrogens with one attached hydrogen (secondary N) is 1. The summed E-state index contributed by atoms with van der Waals surface area (Å²) in [5, 5.41) is 28.8. The smallest absolute Gasteiger partial charge is 0.374 e. The molecule has 41 heavy (non-hydrogen) atoms. The second-order valence-electron chi connectivity index (χ2n) is 10.7. The monoisotopic (exact) mass is 586 g/mol. The highest BCUT2D eigenvalue weighted by atomic mass is 19.4. The number of nitrogens with zero attached hydrogens (tertiary/aromatic N) is 5. The standard InChI is InChI=1S/C27H32F6N6O2/c1-15-7-9-38(10-8-15)25(4,41)19-5-6-22(34-14-19)39-23(36-17(3)37-39)16(2)35-24(40)18-11-20(26(28,29)30)13-21(12-18)27(31,32)33/h5-6,11-16,24,35,40-41H,7-10H2,1-4H3/t16-,24?,25?/m0/s1. The van der Waals surface area contributed by atoms with E-state index >= 15 is 0 Å². The number of aromatic nitrogens is 4. The van der Waals surface area contributed by atoms with Crippen LogP contribution in [0.3, 0.4) is 0 Å². The summed E-state index contributed by atoms with van der Waals surface area (Å²) in [4.78, 5) is 10.7. The van der Waals surface area contributed by atoms with Crippen LogP contribution >= 0.6 is 0 Å². The van der Waals surface area contributed by atoms with E-state index in [1.54, 1.807) is 26.0 Å². The molecule has 0 radical (unpaired) electrons. The summed E-state index contributed by atoms with van der Waals surface area (Å²) in [5.41, 5.74) is -4.35. The highest BCUT2D eigenvalue weighted by Gasteiger charge is 2.38. The van der Waals surface area contributed by atoms with Crippen molar-refractivity contribution >= 4 is 0 Å². The third-order valence-electron chi connectivity index (χ3n) is 7.37. The number of hydrogen-bond donors (Lipinski definition) is 3. The largest absolute Gasteiger partial charge is 0.416 e. The number of pyridine rings is 1. The molecule has 3 aromatic rings. The molecule has 4 rings (SSSR count). The number of rotatable bonds is 7. The fourth-order valence-electron chi connectivity index (χ4n) is 4.84. The molecule has 0 amide bonds. The lowest BCUT2D eigenvalue weighted by molar-refractivity contribution is -0.143. The molecule has 224 valence electrons. The number of alkyl halides is 6. The topological polar surface area (TPSA) is 99.3 Å². The van der Waals surface area contributed by atoms with Crippen LogP contribution in [0.1, 0.15) is 79.8 Å². The SMILES string of the molecule is Cc1nc([C@H](C)NC(O)c2cc(C(F)(F)F)cc(C(F)(F)F)c2)n(-c2ccc(C(C)(O)N3CCC(C)CC3)cn2)n1. The first kappa shape index (κ1) is 30.9. The number of piperidine rings is 1. The number of aryl methyl sites for hydroxylation is 1. The molecule has 3 atom stereocenters. The van der Waals surface area contributed by atoms with Crippen molar-refractivity contribution in [2.75, 3.05) is 13.1 Å². The van der Waals surface area contributed by atoms with E-state index in [4.69, 9.17) is 0 Å². The molecule has 14 heteroatoms. The Morgan fingerprint density at radius 2 is 1.56 bits per heavy atom. The maximum Gasteiger partial charge on any atom is 0.416 e. The Hall–Kier alpha value is -3.07. The minimum atomic E-state index is -5.05. The van der Waals surface area contributed by atoms with Gasteiger partial charge in [0.2, 0.25) is 0 Å². The van der Waals surface area contributed by atoms with Crippen molar-refractivity contribution in [2.45, 2.75) is 70.9 Å². The zero-order valence-electron chi connectivity index (χ0n) is 22.9. The van der Waals surface area contributed by atoms with Crippen LogP contribution < -0.4 is 5.32 Å². The Morgan fingerprint density at radius 3 is 2.07 bits per heavy atom. The van der Waals surface area contributed by atoms with E-state index in [2.05, 4.69) is 27.3 Å². The summed E-state index contributed by atoms with van der Waals surface area (Å²) in [7, 11) is 0. The predicted octanol–water partition coefficient (Wildman–Crippen LogP) is 5.25. The summed E-state index contributed by atoms with van der Waals surface area (Å²) < 4.78 is 81.0. The average molecular weight is 587 g/mol. The lowest BCUT2D eigenvalue weighted by atomic mass is 9.95. The Kier molecular flexibility index (Phi) is 8.52. The maximum atomic E-state index is 13.3. The van der Waals surface area contributed by atoms with E-state index < -0.39 is 47.0 Å². The molecule has 0 bridgehead atoms. The lowest BCUT2D eigenvalue weighted by Gasteiger charge is -2.41. The highest BCUT2D eigenvalue weighted by molar-refractivity contribution is 5.35. The molecule has 1 aliphatic rings. The van der Waals surface area contributed by atoms with Crippen LogP contribution in [0.4, 0.5) is 26.3 Å². The molecular weight excluding hydrogens is 554 g/mol. The molecule has 2 unspecified atom stereocenters. The molecule has 3 heterocycles. The van der Waals surface area contributed by atoms with Gasteiger partial charge >= 0.3 is 12.4 Å². The molecule has 1 saturated heterocycles. The summed E-state index contributed by atoms with van der Waals surface area (Å²) in [6.07, 6.45) is -8.53. The third kappa shape index (κ3) is 6.88. The Balaban J connectivity index is 1.57. The first-order valence-corrected chi connectivity index (χ1v) is 13.1. The van der Waals surface area contributed by atoms with Gasteiger partial charge in [0, 0.05) is 24.8 Å². The van der Waals surface area contributed by atoms with Crippen LogP contribution in [0.15, 0.2) is 36.5 Å². The second kappa shape index (κ2) is 11.3. The van der Waals surface area contributed by atoms with Crippen LogP contribution in [-0.4, -0.2) is 48.0 Å². The highest BCUT2D eigenvalue weighted by Crippen LogP contribution is 2.37. The van der Waals surface area contributed by atoms with Crippen LogP contribution in [0, 0.1) is 12.8 Å². The molecule has 1 fully saturated rings. The number of halogens is 6. The molecule has 0 spiro atoms. The summed E-state index contributed by atoms with van der Waals surface area (Å²) in [5.74, 6) is 1.43. The van der Waals surface area contributed by atoms with Gasteiger partial charge in [0.25, 0.3) is 0 Å². The fourth-order valence-corrected chi connectivity index (χ4v) is 4.84. The minimum Gasteiger partial charge on any atom is -0.374 e. The number of likely N-dealkylation sites (tertiary alicyclic amines) is 1. The van der Waals surface area contributed by atoms with Gasteiger partial charge in [-0.15, -0.1) is 5.10 Å². The molecular formula is C27H32F6N6O2. The van der Waals surface area contributed by atoms with Gasteiger partial charge in [-0.3, -0.25) is 10.2 Å². The van der Waals surface area contributed by atoms with Gasteiger partial charge in [0.1, 0.15) is 17.8 Å². The van der Waals surface area contributed by atoms with Crippen molar-refractivity contribution < 1.29 is 36.6 Å². The van der Waals surface area contributed by atoms with Gasteiger partial charge in [-0.25, -0.2) is 9.97 Å². The first-order chi connectivity index (χ1) is 19.0. The quantitative estimate of drug-likeness (QED) is 0.257. The maximum absolute atomic E-state index is 13.3. The van der Waals surface area contributed by atoms with Gasteiger partial charge in [-0.2, -0.15) is 31.0 Å². The average Bonchev–Trinajstić information content (AvgIpc) is 3.29. The molecule has 0 aliphatic carbocycles. The summed E-state index contributed by atoms with van der Waals surface area (Å²) >= 11 is 0. The van der Waals surface area contributed by atoms with E-state index in [1.165, 1.54) is 17.8 Å². The molecule has 1 aliphatic heterocycles. The molecule has 3 N–H and O–H groups in total. The van der Waals surface area contributed by atoms with Crippen molar-refractivity contribution in [2.24, 2.45) is 5.92 Å². The Bertz CT molecular complexity index is 1320. The van der Waals surface area contributed by atoms with Crippen molar-refractivity contribution in [1.29, 1.82) is 0 Å². The number of aliphatic hydroxyl groups is 2. The van der Waals surface area contributed by atoms with Gasteiger partial charge in [-0.05, 0) is 75.4 Å². The van der Waals surface area contributed by atoms with Gasteiger partial charge in [-0.1, -0.05) is 6.92 Å². The Morgan fingerprint density at radius 1 is 0.976 bits per heavy atom. The van der Waals surface area contributed by atoms with Crippen LogP contribution in [0.5, 0.6) is 0 Å². The van der Waals surface area contributed by atoms with Crippen LogP contribution in [0.25, 0.3) is 5.82 Å². The van der Waals surface area contributed by atoms with E-state index in [1.807, 2.05) is 4.90 Å². The van der Waals surface area contributed by atoms with E-state index in [0.717, 1.165) is 25.9 Å². The first-order valence-electron chi connectivity index (χ1n) is 13.1. The summed E-state index contributed by atoms with van der Waals surface area (Å²) in [6, 6.07) is 3.37. The van der Waals surface area contributed by atoms with Gasteiger partial charge < -0.3 is 10.2 Å². The van der Waals surface area contributed by atoms with Crippen molar-refractivity contribution in [3.63, 3.8) is 0 Å². The number of aliphatic hydroxyl groups excluding tert-OH is 1. The molecule has 0 saturated carbocycles. The number of hydrogen-bond acceptors (Lipinski definition) is 7. The van der Waals surface area contributed by atoms with Gasteiger partial charge in [0.15, 0.2) is 11.6 Å². The normalized spacial score (nSPS) is 18.7. The molecule has 8 nitrogen and oxygen atoms in total. The van der Waals surface area contributed by atoms with Crippen molar-refractivity contribution in [3.05, 3.63) is 70.4 Å². The molecule has 1 aromatic carbocycles. The zero-order chi connectivity index (χ0) is 30.3. The number of benzene rings is 1. The third-order valence-corrected chi connectivity index (χ3v) is 7.37. The second-order valence-corrected chi connectivity index (χ2v) is 10.7. The van der Waals surface area contributed by atoms with Crippen LogP contribution in [-0.2, 0) is 18.1 Å². The van der Waals surface area contributed by atoms with Crippen LogP contribution in [0.2, 0.25) is 0 Å².